The molecule has 2 N–H and O–H groups in total. The van der Waals surface area contributed by atoms with Crippen molar-refractivity contribution in [1.82, 2.24) is 10.3 Å². The van der Waals surface area contributed by atoms with E-state index in [4.69, 9.17) is 0 Å². The van der Waals surface area contributed by atoms with Crippen LogP contribution in [-0.4, -0.2) is 30.3 Å². The van der Waals surface area contributed by atoms with Crippen molar-refractivity contribution < 1.29 is 5.11 Å². The molecule has 0 aromatic carbocycles. The summed E-state index contributed by atoms with van der Waals surface area (Å²) in [5.74, 6) is 0. The van der Waals surface area contributed by atoms with Crippen LogP contribution in [0.1, 0.15) is 12.6 Å². The van der Waals surface area contributed by atoms with Crippen molar-refractivity contribution in [1.29, 1.82) is 0 Å². The monoisotopic (exact) mass is 180 g/mol. The first-order valence-corrected chi connectivity index (χ1v) is 4.40. The summed E-state index contributed by atoms with van der Waals surface area (Å²) in [5.41, 5.74) is 0.641. The number of rotatable bonds is 4. The van der Waals surface area contributed by atoms with Gasteiger partial charge in [-0.3, -0.25) is 4.98 Å². The zero-order chi connectivity index (χ0) is 9.73. The minimum absolute atomic E-state index is 0.102. The fraction of sp³-hybridized carbons (Fsp3) is 0.500. The van der Waals surface area contributed by atoms with Gasteiger partial charge in [0.1, 0.15) is 0 Å². The van der Waals surface area contributed by atoms with Crippen molar-refractivity contribution in [3.63, 3.8) is 0 Å². The predicted molar refractivity (Wildman–Crippen MR) is 52.6 cm³/mol. The van der Waals surface area contributed by atoms with E-state index in [2.05, 4.69) is 10.3 Å². The molecule has 0 radical (unpaired) electrons. The highest BCUT2D eigenvalue weighted by atomic mass is 16.3. The quantitative estimate of drug-likeness (QED) is 0.711. The van der Waals surface area contributed by atoms with Gasteiger partial charge in [0, 0.05) is 23.9 Å². The molecular formula is C10H16N2O. The molecule has 0 aliphatic rings. The largest absolute Gasteiger partial charge is 0.395 e. The van der Waals surface area contributed by atoms with E-state index in [-0.39, 0.29) is 12.0 Å². The fourth-order valence-corrected chi connectivity index (χ4v) is 1.34. The van der Waals surface area contributed by atoms with Crippen LogP contribution in [0.4, 0.5) is 0 Å². The van der Waals surface area contributed by atoms with Crippen molar-refractivity contribution in [2.24, 2.45) is 0 Å². The summed E-state index contributed by atoms with van der Waals surface area (Å²) in [7, 11) is 1.87. The zero-order valence-electron chi connectivity index (χ0n) is 8.12. The lowest BCUT2D eigenvalue weighted by Crippen LogP contribution is -2.38. The SMILES string of the molecule is CNCC(C)(CO)c1ccccn1. The van der Waals surface area contributed by atoms with Gasteiger partial charge in [0.2, 0.25) is 0 Å². The maximum absolute atomic E-state index is 9.29. The van der Waals surface area contributed by atoms with Gasteiger partial charge in [-0.25, -0.2) is 0 Å². The number of pyridine rings is 1. The molecule has 1 unspecified atom stereocenters. The molecule has 1 atom stereocenters. The lowest BCUT2D eigenvalue weighted by Gasteiger charge is -2.26. The highest BCUT2D eigenvalue weighted by Gasteiger charge is 2.25. The molecule has 0 saturated carbocycles. The van der Waals surface area contributed by atoms with E-state index in [0.717, 1.165) is 12.2 Å². The summed E-state index contributed by atoms with van der Waals surface area (Å²) >= 11 is 0. The molecular weight excluding hydrogens is 164 g/mol. The Morgan fingerprint density at radius 3 is 2.77 bits per heavy atom. The minimum Gasteiger partial charge on any atom is -0.395 e. The molecule has 1 rings (SSSR count). The maximum atomic E-state index is 9.29. The van der Waals surface area contributed by atoms with E-state index in [0.29, 0.717) is 0 Å². The van der Waals surface area contributed by atoms with Crippen LogP contribution in [0, 0.1) is 0 Å². The summed E-state index contributed by atoms with van der Waals surface area (Å²) in [4.78, 5) is 4.24. The first kappa shape index (κ1) is 10.2. The Kier molecular flexibility index (Phi) is 3.39. The second-order valence-electron chi connectivity index (χ2n) is 3.46. The molecule has 13 heavy (non-hydrogen) atoms. The van der Waals surface area contributed by atoms with Crippen LogP contribution < -0.4 is 5.32 Å². The third kappa shape index (κ3) is 2.26. The van der Waals surface area contributed by atoms with E-state index < -0.39 is 0 Å². The molecule has 0 aliphatic carbocycles. The van der Waals surface area contributed by atoms with Crippen LogP contribution in [0.3, 0.4) is 0 Å². The van der Waals surface area contributed by atoms with Crippen molar-refractivity contribution in [3.8, 4) is 0 Å². The van der Waals surface area contributed by atoms with Gasteiger partial charge in [-0.15, -0.1) is 0 Å². The van der Waals surface area contributed by atoms with Gasteiger partial charge in [-0.2, -0.15) is 0 Å². The van der Waals surface area contributed by atoms with Crippen molar-refractivity contribution in [2.75, 3.05) is 20.2 Å². The number of hydrogen-bond acceptors (Lipinski definition) is 3. The van der Waals surface area contributed by atoms with Crippen LogP contribution in [0.5, 0.6) is 0 Å². The summed E-state index contributed by atoms with van der Waals surface area (Å²) in [6, 6.07) is 5.75. The Balaban J connectivity index is 2.89. The Labute approximate surface area is 78.8 Å². The van der Waals surface area contributed by atoms with Gasteiger partial charge in [-0.1, -0.05) is 13.0 Å². The zero-order valence-corrected chi connectivity index (χ0v) is 8.12. The second-order valence-corrected chi connectivity index (χ2v) is 3.46. The standard InChI is InChI=1S/C10H16N2O/c1-10(8-13,7-11-2)9-5-3-4-6-12-9/h3-6,11,13H,7-8H2,1-2H3. The number of nitrogens with zero attached hydrogens (tertiary/aromatic N) is 1. The van der Waals surface area contributed by atoms with E-state index >= 15 is 0 Å². The molecule has 3 heteroatoms. The third-order valence-corrected chi connectivity index (χ3v) is 2.20. The first-order valence-electron chi connectivity index (χ1n) is 4.40. The third-order valence-electron chi connectivity index (χ3n) is 2.20. The molecule has 0 fully saturated rings. The lowest BCUT2D eigenvalue weighted by molar-refractivity contribution is 0.200. The van der Waals surface area contributed by atoms with Crippen LogP contribution in [0.25, 0.3) is 0 Å². The molecule has 3 nitrogen and oxygen atoms in total. The van der Waals surface area contributed by atoms with Gasteiger partial charge in [0.25, 0.3) is 0 Å². The molecule has 72 valence electrons. The molecule has 1 aromatic heterocycles. The van der Waals surface area contributed by atoms with Gasteiger partial charge in [-0.05, 0) is 19.2 Å². The summed E-state index contributed by atoms with van der Waals surface area (Å²) in [6.07, 6.45) is 1.75. The highest BCUT2D eigenvalue weighted by molar-refractivity contribution is 5.16. The number of hydrogen-bond donors (Lipinski definition) is 2. The van der Waals surface area contributed by atoms with Gasteiger partial charge in [0.15, 0.2) is 0 Å². The van der Waals surface area contributed by atoms with Crippen molar-refractivity contribution in [3.05, 3.63) is 30.1 Å². The fourth-order valence-electron chi connectivity index (χ4n) is 1.34. The van der Waals surface area contributed by atoms with Gasteiger partial charge >= 0.3 is 0 Å². The van der Waals surface area contributed by atoms with Crippen LogP contribution in [-0.2, 0) is 5.41 Å². The Morgan fingerprint density at radius 1 is 1.54 bits per heavy atom. The van der Waals surface area contributed by atoms with Gasteiger partial charge in [0.05, 0.1) is 6.61 Å². The average molecular weight is 180 g/mol. The second kappa shape index (κ2) is 4.35. The van der Waals surface area contributed by atoms with E-state index in [1.807, 2.05) is 32.2 Å². The average Bonchev–Trinajstić information content (AvgIpc) is 2.19. The summed E-state index contributed by atoms with van der Waals surface area (Å²) in [5, 5.41) is 12.3. The molecule has 0 saturated heterocycles. The number of nitrogens with one attached hydrogen (secondary N) is 1. The number of aromatic nitrogens is 1. The van der Waals surface area contributed by atoms with Crippen LogP contribution >= 0.6 is 0 Å². The molecule has 0 spiro atoms. The first-order chi connectivity index (χ1) is 6.23. The summed E-state index contributed by atoms with van der Waals surface area (Å²) < 4.78 is 0. The molecule has 1 aromatic rings. The predicted octanol–water partition coefficient (Wildman–Crippen LogP) is 0.551. The number of aliphatic hydroxyl groups excluding tert-OH is 1. The lowest BCUT2D eigenvalue weighted by atomic mass is 9.87. The van der Waals surface area contributed by atoms with Crippen molar-refractivity contribution >= 4 is 0 Å². The van der Waals surface area contributed by atoms with E-state index in [1.165, 1.54) is 0 Å². The topological polar surface area (TPSA) is 45.1 Å². The minimum atomic E-state index is -0.282. The van der Waals surface area contributed by atoms with E-state index in [1.54, 1.807) is 6.20 Å². The molecule has 0 aliphatic heterocycles. The Hall–Kier alpha value is -0.930. The molecule has 0 amide bonds. The Bertz CT molecular complexity index is 250. The molecule has 0 bridgehead atoms. The summed E-state index contributed by atoms with van der Waals surface area (Å²) in [6.45, 7) is 2.82. The van der Waals surface area contributed by atoms with Crippen LogP contribution in [0.15, 0.2) is 24.4 Å². The van der Waals surface area contributed by atoms with Crippen LogP contribution in [0.2, 0.25) is 0 Å². The maximum Gasteiger partial charge on any atom is 0.0552 e. The van der Waals surface area contributed by atoms with Gasteiger partial charge < -0.3 is 10.4 Å². The smallest absolute Gasteiger partial charge is 0.0552 e. The van der Waals surface area contributed by atoms with E-state index in [9.17, 15) is 5.11 Å². The highest BCUT2D eigenvalue weighted by Crippen LogP contribution is 2.19. The van der Waals surface area contributed by atoms with Crippen molar-refractivity contribution in [2.45, 2.75) is 12.3 Å². The number of aliphatic hydroxyl groups is 1. The molecule has 1 heterocycles. The Morgan fingerprint density at radius 2 is 2.31 bits per heavy atom. The normalized spacial score (nSPS) is 15.3. The number of likely N-dealkylation sites (N-methyl/N-ethyl adjacent to an activating group) is 1.